The summed E-state index contributed by atoms with van der Waals surface area (Å²) < 4.78 is 7.14. The van der Waals surface area contributed by atoms with Gasteiger partial charge in [0.2, 0.25) is 0 Å². The summed E-state index contributed by atoms with van der Waals surface area (Å²) in [4.78, 5) is 7.24. The summed E-state index contributed by atoms with van der Waals surface area (Å²) in [6, 6.07) is 187. The number of anilines is 9. The number of benzene rings is 22. The second-order valence-electron chi connectivity index (χ2n) is 34.3. The summed E-state index contributed by atoms with van der Waals surface area (Å²) in [5.41, 5.74) is 33.7. The van der Waals surface area contributed by atoms with Gasteiger partial charge in [-0.25, -0.2) is 0 Å². The fourth-order valence-corrected chi connectivity index (χ4v) is 20.4. The molecule has 6 nitrogen and oxygen atoms in total. The third-order valence-electron chi connectivity index (χ3n) is 26.8. The van der Waals surface area contributed by atoms with Gasteiger partial charge in [-0.1, -0.05) is 328 Å². The van der Waals surface area contributed by atoms with E-state index in [4.69, 9.17) is 0 Å². The average molecular weight is 1680 g/mol. The molecule has 0 saturated carbocycles. The Balaban J connectivity index is 0.577. The van der Waals surface area contributed by atoms with Gasteiger partial charge < -0.3 is 28.4 Å². The van der Waals surface area contributed by atoms with Crippen molar-refractivity contribution in [3.05, 3.63) is 510 Å². The van der Waals surface area contributed by atoms with Gasteiger partial charge in [-0.3, -0.25) is 0 Å². The van der Waals surface area contributed by atoms with Crippen molar-refractivity contribution in [2.75, 3.05) is 14.7 Å². The van der Waals surface area contributed by atoms with E-state index < -0.39 is 0 Å². The predicted molar refractivity (Wildman–Crippen MR) is 559 cm³/mol. The summed E-state index contributed by atoms with van der Waals surface area (Å²) in [6.07, 6.45) is 0. The molecule has 0 spiro atoms. The molecule has 0 N–H and O–H groups in total. The first-order chi connectivity index (χ1) is 65.4. The van der Waals surface area contributed by atoms with Gasteiger partial charge in [-0.15, -0.1) is 0 Å². The lowest BCUT2D eigenvalue weighted by atomic mass is 9.93. The van der Waals surface area contributed by atoms with Crippen LogP contribution in [0.2, 0.25) is 0 Å². The normalized spacial score (nSPS) is 11.6. The zero-order valence-electron chi connectivity index (χ0n) is 72.2. The molecule has 25 aromatic rings. The van der Waals surface area contributed by atoms with Crippen LogP contribution in [0.15, 0.2) is 510 Å². The Kier molecular flexibility index (Phi) is 18.8. The van der Waals surface area contributed by atoms with Gasteiger partial charge >= 0.3 is 0 Å². The Bertz CT molecular complexity index is 7710. The number of rotatable bonds is 18. The van der Waals surface area contributed by atoms with E-state index in [0.717, 1.165) is 135 Å². The van der Waals surface area contributed by atoms with Crippen molar-refractivity contribution in [3.8, 4) is 83.8 Å². The molecule has 0 radical (unpaired) electrons. The Morgan fingerprint density at radius 3 is 0.485 bits per heavy atom. The minimum atomic E-state index is 1.05. The number of nitrogens with zero attached hydrogens (tertiary/aromatic N) is 6. The number of para-hydroxylation sites is 6. The monoisotopic (exact) mass is 1680 g/mol. The molecule has 6 heteroatoms. The van der Waals surface area contributed by atoms with Crippen molar-refractivity contribution in [2.24, 2.45) is 0 Å². The molecule has 0 unspecified atom stereocenters. The van der Waals surface area contributed by atoms with Crippen LogP contribution in [0.5, 0.6) is 0 Å². The van der Waals surface area contributed by atoms with E-state index in [0.29, 0.717) is 0 Å². The Morgan fingerprint density at radius 2 is 0.280 bits per heavy atom. The predicted octanol–water partition coefficient (Wildman–Crippen LogP) is 34.8. The van der Waals surface area contributed by atoms with Crippen LogP contribution >= 0.6 is 0 Å². The Hall–Kier alpha value is -17.6. The molecule has 0 amide bonds. The van der Waals surface area contributed by atoms with Crippen molar-refractivity contribution in [1.29, 1.82) is 0 Å². The van der Waals surface area contributed by atoms with Gasteiger partial charge in [0.25, 0.3) is 0 Å². The SMILES string of the molecule is c1ccc2c(N(c3ccc(-c4ccc(-n5c6ccccc6c6ccccc65)cc4)cc3)c3ccc(-c4cc(-c5ccc(N(c6ccc(-c7ccc(-n8c9ccccc9c9ccccc98)cc7)cc6)c6cccc7ccccc67)cc5)cc(-c5ccc(N(c6ccc(-c7ccc(-n8c9ccccc9c9ccccc98)cc7)cc6)c6cccc7ccccc67)cc5)c4)cc3)cccc2c1. The van der Waals surface area contributed by atoms with Crippen LogP contribution in [0.1, 0.15) is 0 Å². The van der Waals surface area contributed by atoms with Crippen molar-refractivity contribution in [2.45, 2.75) is 0 Å². The van der Waals surface area contributed by atoms with E-state index in [9.17, 15) is 0 Å². The topological polar surface area (TPSA) is 24.5 Å². The van der Waals surface area contributed by atoms with E-state index in [-0.39, 0.29) is 0 Å². The van der Waals surface area contributed by atoms with Gasteiger partial charge in [0.1, 0.15) is 0 Å². The minimum Gasteiger partial charge on any atom is -0.310 e. The molecular formula is C126H84N6. The van der Waals surface area contributed by atoms with Crippen LogP contribution in [0, 0.1) is 0 Å². The molecule has 0 atom stereocenters. The Labute approximate surface area is 765 Å². The molecule has 0 saturated heterocycles. The second kappa shape index (κ2) is 32.4. The second-order valence-corrected chi connectivity index (χ2v) is 34.3. The summed E-state index contributed by atoms with van der Waals surface area (Å²) in [5, 5.41) is 14.6. The average Bonchev–Trinajstić information content (AvgIpc) is 1.70. The van der Waals surface area contributed by atoms with E-state index in [1.165, 1.54) is 97.7 Å². The first-order valence-electron chi connectivity index (χ1n) is 45.3. The van der Waals surface area contributed by atoms with Crippen LogP contribution in [0.3, 0.4) is 0 Å². The lowest BCUT2D eigenvalue weighted by Gasteiger charge is -2.27. The molecule has 25 rings (SSSR count). The number of aromatic nitrogens is 3. The fourth-order valence-electron chi connectivity index (χ4n) is 20.4. The molecule has 0 aliphatic heterocycles. The van der Waals surface area contributed by atoms with Crippen LogP contribution in [0.4, 0.5) is 51.2 Å². The molecule has 132 heavy (non-hydrogen) atoms. The molecule has 618 valence electrons. The van der Waals surface area contributed by atoms with Gasteiger partial charge in [0, 0.05) is 99.7 Å². The fraction of sp³-hybridized carbons (Fsp3) is 0. The van der Waals surface area contributed by atoms with Gasteiger partial charge in [-0.2, -0.15) is 0 Å². The zero-order valence-corrected chi connectivity index (χ0v) is 72.2. The van der Waals surface area contributed by atoms with E-state index in [1.54, 1.807) is 0 Å². The molecule has 0 fully saturated rings. The summed E-state index contributed by atoms with van der Waals surface area (Å²) in [6.45, 7) is 0. The zero-order chi connectivity index (χ0) is 87.1. The molecule has 3 heterocycles. The lowest BCUT2D eigenvalue weighted by Crippen LogP contribution is -2.10. The van der Waals surface area contributed by atoms with Crippen molar-refractivity contribution >= 4 is 149 Å². The van der Waals surface area contributed by atoms with E-state index in [1.807, 2.05) is 0 Å². The maximum absolute atomic E-state index is 2.41. The maximum atomic E-state index is 2.41. The lowest BCUT2D eigenvalue weighted by molar-refractivity contribution is 1.18. The van der Waals surface area contributed by atoms with Crippen LogP contribution in [0.25, 0.3) is 182 Å². The largest absolute Gasteiger partial charge is 0.310 e. The van der Waals surface area contributed by atoms with Gasteiger partial charge in [0.15, 0.2) is 0 Å². The summed E-state index contributed by atoms with van der Waals surface area (Å²) in [7, 11) is 0. The highest BCUT2D eigenvalue weighted by atomic mass is 15.2. The highest BCUT2D eigenvalue weighted by Gasteiger charge is 2.24. The van der Waals surface area contributed by atoms with Gasteiger partial charge in [-0.05, 0) is 265 Å². The number of hydrogen-bond acceptors (Lipinski definition) is 3. The highest BCUT2D eigenvalue weighted by Crippen LogP contribution is 2.48. The summed E-state index contributed by atoms with van der Waals surface area (Å²) >= 11 is 0. The first kappa shape index (κ1) is 76.8. The summed E-state index contributed by atoms with van der Waals surface area (Å²) in [5.74, 6) is 0. The molecule has 0 aliphatic carbocycles. The smallest absolute Gasteiger partial charge is 0.0541 e. The third kappa shape index (κ3) is 13.5. The highest BCUT2D eigenvalue weighted by molar-refractivity contribution is 6.12. The van der Waals surface area contributed by atoms with E-state index in [2.05, 4.69) is 538 Å². The molecule has 0 aliphatic rings. The minimum absolute atomic E-state index is 1.05. The molecule has 3 aromatic heterocycles. The van der Waals surface area contributed by atoms with E-state index >= 15 is 0 Å². The standard InChI is InChI=1S/C126H84N6/c1-4-28-109-94(22-1)25-19-43-118(109)127(100-64-46-85(47-65-100)88-52-76-106(77-53-88)130-121-37-13-7-31-112(121)113-32-8-14-38-122(113)130)103-70-58-91(59-71-103)97-82-98(92-60-72-104(73-61-92)128(119-44-20-26-95-23-2-5-29-110(95)119)101-66-48-86(49-67-101)89-54-78-107(79-55-89)131-123-39-15-9-33-114(123)115-34-10-16-40-124(115)131)84-99(83-97)93-62-74-105(75-63-93)129(120-45-21-27-96-24-3-6-30-111(96)120)102-68-50-87(51-69-102)90-56-80-108(81-57-90)132-125-41-17-11-35-116(125)117-36-12-18-42-126(117)132/h1-84H. The number of hydrogen-bond donors (Lipinski definition) is 0. The van der Waals surface area contributed by atoms with Crippen molar-refractivity contribution in [3.63, 3.8) is 0 Å². The Morgan fingerprint density at radius 1 is 0.121 bits per heavy atom. The van der Waals surface area contributed by atoms with Gasteiger partial charge in [0.05, 0.1) is 50.2 Å². The molecule has 22 aromatic carbocycles. The van der Waals surface area contributed by atoms with Crippen molar-refractivity contribution < 1.29 is 0 Å². The molecular weight excluding hydrogens is 1600 g/mol. The van der Waals surface area contributed by atoms with Crippen molar-refractivity contribution in [1.82, 2.24) is 13.7 Å². The first-order valence-corrected chi connectivity index (χ1v) is 45.3. The van der Waals surface area contributed by atoms with Crippen LogP contribution in [-0.2, 0) is 0 Å². The van der Waals surface area contributed by atoms with Crippen LogP contribution in [-0.4, -0.2) is 13.7 Å². The third-order valence-corrected chi connectivity index (χ3v) is 26.8. The maximum Gasteiger partial charge on any atom is 0.0541 e. The quantitative estimate of drug-likeness (QED) is 0.0856. The molecule has 0 bridgehead atoms. The number of fused-ring (bicyclic) bond motifs is 12. The van der Waals surface area contributed by atoms with Crippen LogP contribution < -0.4 is 14.7 Å².